The molecule has 0 fully saturated rings. The molecule has 0 aliphatic heterocycles. The molecule has 0 saturated heterocycles. The van der Waals surface area contributed by atoms with Crippen molar-refractivity contribution in [2.45, 2.75) is 13.5 Å². The zero-order valence-corrected chi connectivity index (χ0v) is 9.48. The van der Waals surface area contributed by atoms with Crippen molar-refractivity contribution in [1.29, 1.82) is 0 Å². The third-order valence-corrected chi connectivity index (χ3v) is 2.11. The first-order valence-corrected chi connectivity index (χ1v) is 5.29. The fourth-order valence-electron chi connectivity index (χ4n) is 1.35. The Hall–Kier alpha value is -1.10. The smallest absolute Gasteiger partial charge is 0.124 e. The zero-order chi connectivity index (χ0) is 11.8. The second-order valence-electron chi connectivity index (χ2n) is 3.45. The standard InChI is InChI=1S/C12H18O4/c1-10-2-3-12(11(8-10)9-14)16-7-6-15-5-4-13/h2-3,8,13-14H,4-7,9H2,1H3. The van der Waals surface area contributed by atoms with E-state index in [1.54, 1.807) is 0 Å². The van der Waals surface area contributed by atoms with Gasteiger partial charge in [-0.2, -0.15) is 0 Å². The van der Waals surface area contributed by atoms with Gasteiger partial charge in [-0.1, -0.05) is 17.7 Å². The maximum Gasteiger partial charge on any atom is 0.124 e. The Kier molecular flexibility index (Phi) is 5.85. The highest BCUT2D eigenvalue weighted by atomic mass is 16.5. The fourth-order valence-corrected chi connectivity index (χ4v) is 1.35. The lowest BCUT2D eigenvalue weighted by Gasteiger charge is -2.10. The van der Waals surface area contributed by atoms with Crippen LogP contribution in [0.1, 0.15) is 11.1 Å². The van der Waals surface area contributed by atoms with Gasteiger partial charge in [0.1, 0.15) is 12.4 Å². The number of hydrogen-bond donors (Lipinski definition) is 2. The van der Waals surface area contributed by atoms with Gasteiger partial charge in [0.05, 0.1) is 26.4 Å². The number of rotatable bonds is 7. The van der Waals surface area contributed by atoms with Gasteiger partial charge in [-0.3, -0.25) is 0 Å². The Bertz CT molecular complexity index is 312. The molecule has 4 nitrogen and oxygen atoms in total. The van der Waals surface area contributed by atoms with Gasteiger partial charge in [-0.15, -0.1) is 0 Å². The summed E-state index contributed by atoms with van der Waals surface area (Å²) in [6.07, 6.45) is 0. The number of aryl methyl sites for hydroxylation is 1. The average molecular weight is 226 g/mol. The number of benzene rings is 1. The largest absolute Gasteiger partial charge is 0.491 e. The van der Waals surface area contributed by atoms with Gasteiger partial charge in [-0.05, 0) is 13.0 Å². The predicted molar refractivity (Wildman–Crippen MR) is 60.5 cm³/mol. The van der Waals surface area contributed by atoms with E-state index >= 15 is 0 Å². The van der Waals surface area contributed by atoms with E-state index in [9.17, 15) is 0 Å². The number of ether oxygens (including phenoxy) is 2. The molecule has 1 rings (SSSR count). The molecular formula is C12H18O4. The van der Waals surface area contributed by atoms with Crippen molar-refractivity contribution in [2.24, 2.45) is 0 Å². The molecule has 2 N–H and O–H groups in total. The molecular weight excluding hydrogens is 208 g/mol. The molecule has 0 aliphatic carbocycles. The van der Waals surface area contributed by atoms with Gasteiger partial charge >= 0.3 is 0 Å². The summed E-state index contributed by atoms with van der Waals surface area (Å²) in [5, 5.41) is 17.6. The molecule has 0 atom stereocenters. The Balaban J connectivity index is 2.41. The summed E-state index contributed by atoms with van der Waals surface area (Å²) < 4.78 is 10.5. The van der Waals surface area contributed by atoms with Crippen LogP contribution in [0.5, 0.6) is 5.75 Å². The molecule has 0 aliphatic rings. The number of aliphatic hydroxyl groups excluding tert-OH is 2. The molecule has 0 saturated carbocycles. The van der Waals surface area contributed by atoms with E-state index < -0.39 is 0 Å². The van der Waals surface area contributed by atoms with Crippen molar-refractivity contribution in [3.05, 3.63) is 29.3 Å². The van der Waals surface area contributed by atoms with Gasteiger partial charge < -0.3 is 19.7 Å². The minimum atomic E-state index is -0.0332. The summed E-state index contributed by atoms with van der Waals surface area (Å²) in [4.78, 5) is 0. The van der Waals surface area contributed by atoms with Crippen LogP contribution < -0.4 is 4.74 Å². The van der Waals surface area contributed by atoms with Crippen molar-refractivity contribution < 1.29 is 19.7 Å². The Morgan fingerprint density at radius 2 is 1.94 bits per heavy atom. The van der Waals surface area contributed by atoms with Crippen LogP contribution in [0.3, 0.4) is 0 Å². The highest BCUT2D eigenvalue weighted by molar-refractivity contribution is 5.36. The molecule has 0 spiro atoms. The molecule has 0 amide bonds. The molecule has 0 bridgehead atoms. The van der Waals surface area contributed by atoms with Gasteiger partial charge in [-0.25, -0.2) is 0 Å². The third kappa shape index (κ3) is 4.18. The Morgan fingerprint density at radius 1 is 1.12 bits per heavy atom. The molecule has 0 heterocycles. The highest BCUT2D eigenvalue weighted by Crippen LogP contribution is 2.19. The molecule has 4 heteroatoms. The van der Waals surface area contributed by atoms with Gasteiger partial charge in [0.25, 0.3) is 0 Å². The minimum absolute atomic E-state index is 0.0203. The van der Waals surface area contributed by atoms with Crippen molar-refractivity contribution in [1.82, 2.24) is 0 Å². The van der Waals surface area contributed by atoms with E-state index in [-0.39, 0.29) is 13.2 Å². The molecule has 0 radical (unpaired) electrons. The number of hydrogen-bond acceptors (Lipinski definition) is 4. The van der Waals surface area contributed by atoms with Crippen molar-refractivity contribution >= 4 is 0 Å². The topological polar surface area (TPSA) is 58.9 Å². The van der Waals surface area contributed by atoms with E-state index in [4.69, 9.17) is 19.7 Å². The molecule has 1 aromatic rings. The van der Waals surface area contributed by atoms with Crippen LogP contribution in [-0.2, 0) is 11.3 Å². The first-order chi connectivity index (χ1) is 7.77. The van der Waals surface area contributed by atoms with Crippen LogP contribution in [0, 0.1) is 6.92 Å². The normalized spacial score (nSPS) is 10.4. The predicted octanol–water partition coefficient (Wildman–Crippen LogP) is 0.875. The summed E-state index contributed by atoms with van der Waals surface area (Å²) in [5.41, 5.74) is 1.87. The molecule has 1 aromatic carbocycles. The summed E-state index contributed by atoms with van der Waals surface area (Å²) in [6, 6.07) is 5.67. The monoisotopic (exact) mass is 226 g/mol. The highest BCUT2D eigenvalue weighted by Gasteiger charge is 2.02. The van der Waals surface area contributed by atoms with Gasteiger partial charge in [0.2, 0.25) is 0 Å². The van der Waals surface area contributed by atoms with Gasteiger partial charge in [0.15, 0.2) is 0 Å². The summed E-state index contributed by atoms with van der Waals surface area (Å²) in [6.45, 7) is 3.12. The summed E-state index contributed by atoms with van der Waals surface area (Å²) >= 11 is 0. The lowest BCUT2D eigenvalue weighted by Crippen LogP contribution is -2.10. The fraction of sp³-hybridized carbons (Fsp3) is 0.500. The van der Waals surface area contributed by atoms with Crippen LogP contribution in [0.2, 0.25) is 0 Å². The van der Waals surface area contributed by atoms with E-state index in [2.05, 4.69) is 0 Å². The molecule has 0 unspecified atom stereocenters. The quantitative estimate of drug-likeness (QED) is 0.677. The summed E-state index contributed by atoms with van der Waals surface area (Å²) in [7, 11) is 0. The van der Waals surface area contributed by atoms with Crippen molar-refractivity contribution in [2.75, 3.05) is 26.4 Å². The zero-order valence-electron chi connectivity index (χ0n) is 9.48. The van der Waals surface area contributed by atoms with Crippen LogP contribution in [-0.4, -0.2) is 36.6 Å². The van der Waals surface area contributed by atoms with Crippen LogP contribution >= 0.6 is 0 Å². The SMILES string of the molecule is Cc1ccc(OCCOCCO)c(CO)c1. The average Bonchev–Trinajstić information content (AvgIpc) is 2.30. The molecule has 0 aromatic heterocycles. The lowest BCUT2D eigenvalue weighted by atomic mass is 10.1. The van der Waals surface area contributed by atoms with Crippen molar-refractivity contribution in [3.63, 3.8) is 0 Å². The van der Waals surface area contributed by atoms with E-state index in [0.717, 1.165) is 11.1 Å². The maximum atomic E-state index is 9.14. The van der Waals surface area contributed by atoms with Crippen molar-refractivity contribution in [3.8, 4) is 5.75 Å². The second kappa shape index (κ2) is 7.22. The molecule has 16 heavy (non-hydrogen) atoms. The lowest BCUT2D eigenvalue weighted by molar-refractivity contribution is 0.0700. The van der Waals surface area contributed by atoms with Crippen LogP contribution in [0.25, 0.3) is 0 Å². The van der Waals surface area contributed by atoms with Gasteiger partial charge in [0, 0.05) is 5.56 Å². The van der Waals surface area contributed by atoms with E-state index in [0.29, 0.717) is 25.6 Å². The van der Waals surface area contributed by atoms with Crippen LogP contribution in [0.4, 0.5) is 0 Å². The maximum absolute atomic E-state index is 9.14. The first-order valence-electron chi connectivity index (χ1n) is 5.29. The minimum Gasteiger partial charge on any atom is -0.491 e. The first kappa shape index (κ1) is 13.0. The summed E-state index contributed by atoms with van der Waals surface area (Å²) in [5.74, 6) is 0.681. The Labute approximate surface area is 95.4 Å². The molecule has 90 valence electrons. The Morgan fingerprint density at radius 3 is 2.62 bits per heavy atom. The van der Waals surface area contributed by atoms with E-state index in [1.165, 1.54) is 0 Å². The van der Waals surface area contributed by atoms with Crippen LogP contribution in [0.15, 0.2) is 18.2 Å². The second-order valence-corrected chi connectivity index (χ2v) is 3.45. The number of aliphatic hydroxyl groups is 2. The van der Waals surface area contributed by atoms with E-state index in [1.807, 2.05) is 25.1 Å². The third-order valence-electron chi connectivity index (χ3n) is 2.11.